The number of nitrogens with zero attached hydrogens (tertiary/aromatic N) is 3. The fourth-order valence-corrected chi connectivity index (χ4v) is 4.17. The van der Waals surface area contributed by atoms with E-state index in [0.717, 1.165) is 41.0 Å². The molecular formula is C21H21N3O2. The summed E-state index contributed by atoms with van der Waals surface area (Å²) in [5, 5.41) is 9.59. The van der Waals surface area contributed by atoms with Gasteiger partial charge < -0.3 is 5.11 Å². The summed E-state index contributed by atoms with van der Waals surface area (Å²) in [7, 11) is 0. The summed E-state index contributed by atoms with van der Waals surface area (Å²) >= 11 is 0. The van der Waals surface area contributed by atoms with Gasteiger partial charge >= 0.3 is 5.97 Å². The second kappa shape index (κ2) is 5.94. The molecule has 5 rings (SSSR count). The summed E-state index contributed by atoms with van der Waals surface area (Å²) < 4.78 is 2.04. The normalized spacial score (nSPS) is 17.8. The van der Waals surface area contributed by atoms with Crippen LogP contribution in [0.25, 0.3) is 16.9 Å². The lowest BCUT2D eigenvalue weighted by molar-refractivity contribution is 0.0695. The second-order valence-corrected chi connectivity index (χ2v) is 7.52. The zero-order valence-electron chi connectivity index (χ0n) is 14.6. The van der Waals surface area contributed by atoms with Gasteiger partial charge in [-0.2, -0.15) is 0 Å². The van der Waals surface area contributed by atoms with Crippen LogP contribution in [0, 0.1) is 0 Å². The molecule has 2 saturated carbocycles. The predicted octanol–water partition coefficient (Wildman–Crippen LogP) is 4.65. The van der Waals surface area contributed by atoms with Gasteiger partial charge in [0.25, 0.3) is 0 Å². The van der Waals surface area contributed by atoms with E-state index in [-0.39, 0.29) is 0 Å². The van der Waals surface area contributed by atoms with E-state index in [9.17, 15) is 9.90 Å². The van der Waals surface area contributed by atoms with Crippen LogP contribution in [0.15, 0.2) is 36.7 Å². The van der Waals surface area contributed by atoms with Gasteiger partial charge in [-0.25, -0.2) is 9.78 Å². The lowest BCUT2D eigenvalue weighted by atomic mass is 9.92. The maximum Gasteiger partial charge on any atom is 0.335 e. The molecule has 26 heavy (non-hydrogen) atoms. The minimum atomic E-state index is -0.841. The van der Waals surface area contributed by atoms with Gasteiger partial charge in [0.05, 0.1) is 11.3 Å². The molecule has 0 radical (unpaired) electrons. The average Bonchev–Trinajstić information content (AvgIpc) is 3.19. The SMILES string of the molecule is O=C(O)c1ccc(-n2ccc3ncc(C4CC4)nc32)cc1C1CCCC1. The van der Waals surface area contributed by atoms with Crippen molar-refractivity contribution in [1.29, 1.82) is 0 Å². The van der Waals surface area contributed by atoms with Gasteiger partial charge in [-0.05, 0) is 61.4 Å². The summed E-state index contributed by atoms with van der Waals surface area (Å²) in [6.45, 7) is 0. The van der Waals surface area contributed by atoms with Crippen molar-refractivity contribution >= 4 is 17.1 Å². The van der Waals surface area contributed by atoms with Crippen molar-refractivity contribution in [2.75, 3.05) is 0 Å². The molecule has 0 spiro atoms. The molecule has 2 aromatic heterocycles. The van der Waals surface area contributed by atoms with Crippen LogP contribution >= 0.6 is 0 Å². The molecule has 5 nitrogen and oxygen atoms in total. The number of rotatable bonds is 4. The largest absolute Gasteiger partial charge is 0.478 e. The summed E-state index contributed by atoms with van der Waals surface area (Å²) in [4.78, 5) is 21.1. The molecule has 0 unspecified atom stereocenters. The Hall–Kier alpha value is -2.69. The van der Waals surface area contributed by atoms with Gasteiger partial charge in [0.1, 0.15) is 5.52 Å². The van der Waals surface area contributed by atoms with E-state index in [1.807, 2.05) is 35.2 Å². The molecule has 0 amide bonds. The van der Waals surface area contributed by atoms with Crippen LogP contribution in [-0.4, -0.2) is 25.6 Å². The van der Waals surface area contributed by atoms with Crippen molar-refractivity contribution in [3.8, 4) is 5.69 Å². The smallest absolute Gasteiger partial charge is 0.335 e. The third kappa shape index (κ3) is 2.59. The number of benzene rings is 1. The maximum absolute atomic E-state index is 11.7. The van der Waals surface area contributed by atoms with Crippen LogP contribution in [0.5, 0.6) is 0 Å². The van der Waals surface area contributed by atoms with Gasteiger partial charge in [-0.1, -0.05) is 12.8 Å². The first-order valence-electron chi connectivity index (χ1n) is 9.42. The highest BCUT2D eigenvalue weighted by Gasteiger charge is 2.26. The zero-order valence-corrected chi connectivity index (χ0v) is 14.6. The number of carboxylic acid groups (broad SMARTS) is 1. The number of carboxylic acids is 1. The lowest BCUT2D eigenvalue weighted by Gasteiger charge is -2.15. The molecule has 5 heteroatoms. The number of hydrogen-bond donors (Lipinski definition) is 1. The Balaban J connectivity index is 1.63. The first kappa shape index (κ1) is 15.6. The Morgan fingerprint density at radius 2 is 1.88 bits per heavy atom. The van der Waals surface area contributed by atoms with Crippen molar-refractivity contribution in [2.24, 2.45) is 0 Å². The quantitative estimate of drug-likeness (QED) is 0.746. The Morgan fingerprint density at radius 1 is 1.08 bits per heavy atom. The van der Waals surface area contributed by atoms with E-state index >= 15 is 0 Å². The van der Waals surface area contributed by atoms with Crippen molar-refractivity contribution in [1.82, 2.24) is 14.5 Å². The van der Waals surface area contributed by atoms with Crippen LogP contribution in [0.2, 0.25) is 0 Å². The maximum atomic E-state index is 11.7. The van der Waals surface area contributed by atoms with Gasteiger partial charge in [0, 0.05) is 24.0 Å². The number of carbonyl (C=O) groups is 1. The van der Waals surface area contributed by atoms with Gasteiger partial charge in [0.15, 0.2) is 5.65 Å². The van der Waals surface area contributed by atoms with Crippen molar-refractivity contribution in [3.05, 3.63) is 53.5 Å². The van der Waals surface area contributed by atoms with Crippen LogP contribution in [-0.2, 0) is 0 Å². The van der Waals surface area contributed by atoms with E-state index in [0.29, 0.717) is 17.4 Å². The fraction of sp³-hybridized carbons (Fsp3) is 0.381. The lowest BCUT2D eigenvalue weighted by Crippen LogP contribution is -2.07. The summed E-state index contributed by atoms with van der Waals surface area (Å²) in [5.41, 5.74) is 5.15. The van der Waals surface area contributed by atoms with E-state index < -0.39 is 5.97 Å². The number of aromatic nitrogens is 3. The van der Waals surface area contributed by atoms with E-state index in [1.165, 1.54) is 25.7 Å². The molecule has 2 fully saturated rings. The highest BCUT2D eigenvalue weighted by atomic mass is 16.4. The highest BCUT2D eigenvalue weighted by molar-refractivity contribution is 5.90. The monoisotopic (exact) mass is 347 g/mol. The van der Waals surface area contributed by atoms with Crippen LogP contribution in [0.4, 0.5) is 0 Å². The molecular weight excluding hydrogens is 326 g/mol. The van der Waals surface area contributed by atoms with Crippen molar-refractivity contribution < 1.29 is 9.90 Å². The first-order chi connectivity index (χ1) is 12.7. The van der Waals surface area contributed by atoms with E-state index in [2.05, 4.69) is 4.98 Å². The molecule has 2 aliphatic rings. The molecule has 1 N–H and O–H groups in total. The first-order valence-corrected chi connectivity index (χ1v) is 9.42. The van der Waals surface area contributed by atoms with E-state index in [1.54, 1.807) is 6.07 Å². The number of aromatic carboxylic acids is 1. The minimum Gasteiger partial charge on any atom is -0.478 e. The summed E-state index contributed by atoms with van der Waals surface area (Å²) in [5.74, 6) is 0.0568. The minimum absolute atomic E-state index is 0.344. The Morgan fingerprint density at radius 3 is 2.62 bits per heavy atom. The molecule has 2 aliphatic carbocycles. The zero-order chi connectivity index (χ0) is 17.7. The second-order valence-electron chi connectivity index (χ2n) is 7.52. The average molecular weight is 347 g/mol. The van der Waals surface area contributed by atoms with Gasteiger partial charge in [-0.15, -0.1) is 0 Å². The third-order valence-electron chi connectivity index (χ3n) is 5.74. The molecule has 0 aliphatic heterocycles. The highest BCUT2D eigenvalue weighted by Crippen LogP contribution is 2.39. The molecule has 132 valence electrons. The standard InChI is InChI=1S/C21H21N3O2/c25-21(26)16-8-7-15(11-17(16)13-3-1-2-4-13)24-10-9-18-20(24)23-19(12-22-18)14-5-6-14/h7-14H,1-6H2,(H,25,26). The van der Waals surface area contributed by atoms with Crippen LogP contribution in [0.3, 0.4) is 0 Å². The van der Waals surface area contributed by atoms with Crippen molar-refractivity contribution in [3.63, 3.8) is 0 Å². The summed E-state index contributed by atoms with van der Waals surface area (Å²) in [6, 6.07) is 7.64. The Bertz CT molecular complexity index is 998. The van der Waals surface area contributed by atoms with E-state index in [4.69, 9.17) is 4.98 Å². The Kier molecular flexibility index (Phi) is 3.55. The topological polar surface area (TPSA) is 68.0 Å². The van der Waals surface area contributed by atoms with Crippen molar-refractivity contribution in [2.45, 2.75) is 50.4 Å². The molecule has 2 heterocycles. The molecule has 3 aromatic rings. The number of fused-ring (bicyclic) bond motifs is 1. The van der Waals surface area contributed by atoms with Gasteiger partial charge in [0.2, 0.25) is 0 Å². The molecule has 0 atom stereocenters. The van der Waals surface area contributed by atoms with Crippen LogP contribution in [0.1, 0.15) is 72.0 Å². The van der Waals surface area contributed by atoms with Gasteiger partial charge in [-0.3, -0.25) is 9.55 Å². The number of hydrogen-bond acceptors (Lipinski definition) is 3. The molecule has 0 bridgehead atoms. The Labute approximate surface area is 151 Å². The summed E-state index contributed by atoms with van der Waals surface area (Å²) in [6.07, 6.45) is 10.8. The predicted molar refractivity (Wildman–Crippen MR) is 99.0 cm³/mol. The molecule has 0 saturated heterocycles. The fourth-order valence-electron chi connectivity index (χ4n) is 4.17. The molecule has 1 aromatic carbocycles. The third-order valence-corrected chi connectivity index (χ3v) is 5.74. The van der Waals surface area contributed by atoms with Crippen LogP contribution < -0.4 is 0 Å².